The normalized spacial score (nSPS) is 12.0. The maximum Gasteiger partial charge on any atom is 0.416 e. The first kappa shape index (κ1) is 15.5. The Kier molecular flexibility index (Phi) is 3.83. The van der Waals surface area contributed by atoms with E-state index >= 15 is 0 Å². The Hall–Kier alpha value is -2.37. The van der Waals surface area contributed by atoms with Crippen LogP contribution in [0.1, 0.15) is 24.5 Å². The van der Waals surface area contributed by atoms with Crippen LogP contribution in [-0.4, -0.2) is 14.5 Å². The molecule has 3 nitrogen and oxygen atoms in total. The van der Waals surface area contributed by atoms with Crippen molar-refractivity contribution in [2.24, 2.45) is 0 Å². The van der Waals surface area contributed by atoms with Gasteiger partial charge in [-0.25, -0.2) is 4.98 Å². The lowest BCUT2D eigenvalue weighted by Crippen LogP contribution is -2.04. The van der Waals surface area contributed by atoms with Gasteiger partial charge in [-0.05, 0) is 43.2 Å². The summed E-state index contributed by atoms with van der Waals surface area (Å²) in [5.41, 5.74) is 2.23. The maximum atomic E-state index is 12.9. The second-order valence-corrected chi connectivity index (χ2v) is 5.48. The van der Waals surface area contributed by atoms with E-state index in [2.05, 4.69) is 9.97 Å². The minimum atomic E-state index is -4.37. The molecule has 0 fully saturated rings. The van der Waals surface area contributed by atoms with Gasteiger partial charge in [-0.15, -0.1) is 0 Å². The molecule has 0 unspecified atom stereocenters. The van der Waals surface area contributed by atoms with Crippen molar-refractivity contribution in [3.05, 3.63) is 47.8 Å². The van der Waals surface area contributed by atoms with E-state index < -0.39 is 11.7 Å². The van der Waals surface area contributed by atoms with Crippen molar-refractivity contribution in [2.45, 2.75) is 33.0 Å². The highest BCUT2D eigenvalue weighted by Crippen LogP contribution is 2.33. The van der Waals surface area contributed by atoms with Gasteiger partial charge < -0.3 is 4.57 Å². The molecule has 0 radical (unpaired) electrons. The number of aromatic nitrogens is 3. The summed E-state index contributed by atoms with van der Waals surface area (Å²) in [5, 5.41) is 0. The number of hydrogen-bond acceptors (Lipinski definition) is 2. The summed E-state index contributed by atoms with van der Waals surface area (Å²) >= 11 is 0. The number of aryl methyl sites for hydroxylation is 2. The van der Waals surface area contributed by atoms with Gasteiger partial charge in [0.1, 0.15) is 5.82 Å². The molecule has 23 heavy (non-hydrogen) atoms. The third kappa shape index (κ3) is 2.81. The zero-order valence-electron chi connectivity index (χ0n) is 12.9. The molecule has 0 bridgehead atoms. The van der Waals surface area contributed by atoms with Crippen molar-refractivity contribution in [3.8, 4) is 11.4 Å². The third-order valence-corrected chi connectivity index (χ3v) is 3.78. The Labute approximate surface area is 131 Å². The number of rotatable bonds is 3. The lowest BCUT2D eigenvalue weighted by Gasteiger charge is -2.10. The Morgan fingerprint density at radius 3 is 2.61 bits per heavy atom. The molecule has 0 N–H and O–H groups in total. The zero-order chi connectivity index (χ0) is 16.6. The first-order valence-electron chi connectivity index (χ1n) is 7.40. The molecule has 3 rings (SSSR count). The van der Waals surface area contributed by atoms with Crippen LogP contribution in [-0.2, 0) is 12.7 Å². The minimum Gasteiger partial charge on any atom is -0.324 e. The van der Waals surface area contributed by atoms with E-state index in [1.165, 1.54) is 6.07 Å². The van der Waals surface area contributed by atoms with Gasteiger partial charge in [0, 0.05) is 24.5 Å². The van der Waals surface area contributed by atoms with Gasteiger partial charge in [-0.1, -0.05) is 6.92 Å². The number of pyridine rings is 1. The van der Waals surface area contributed by atoms with Crippen LogP contribution in [0.25, 0.3) is 22.4 Å². The molecular weight excluding hydrogens is 303 g/mol. The first-order valence-corrected chi connectivity index (χ1v) is 7.40. The van der Waals surface area contributed by atoms with Crippen LogP contribution in [0.3, 0.4) is 0 Å². The number of halogens is 3. The molecule has 120 valence electrons. The van der Waals surface area contributed by atoms with Crippen LogP contribution < -0.4 is 0 Å². The molecule has 0 aliphatic carbocycles. The minimum absolute atomic E-state index is 0.361. The summed E-state index contributed by atoms with van der Waals surface area (Å²) < 4.78 is 40.7. The molecule has 0 spiro atoms. The van der Waals surface area contributed by atoms with Crippen molar-refractivity contribution in [1.82, 2.24) is 14.5 Å². The highest BCUT2D eigenvalue weighted by Gasteiger charge is 2.31. The zero-order valence-corrected chi connectivity index (χ0v) is 12.9. The van der Waals surface area contributed by atoms with Crippen LogP contribution in [0.4, 0.5) is 13.2 Å². The summed E-state index contributed by atoms with van der Waals surface area (Å²) in [6.07, 6.45) is -0.107. The van der Waals surface area contributed by atoms with Gasteiger partial charge in [-0.2, -0.15) is 13.2 Å². The number of fused-ring (bicyclic) bond motifs is 1. The summed E-state index contributed by atoms with van der Waals surface area (Å²) in [6, 6.07) is 5.56. The first-order chi connectivity index (χ1) is 10.9. The highest BCUT2D eigenvalue weighted by atomic mass is 19.4. The Morgan fingerprint density at radius 1 is 1.17 bits per heavy atom. The van der Waals surface area contributed by atoms with Gasteiger partial charge in [-0.3, -0.25) is 4.98 Å². The van der Waals surface area contributed by atoms with E-state index in [1.807, 2.05) is 24.5 Å². The molecular formula is C17H16F3N3. The van der Waals surface area contributed by atoms with Crippen LogP contribution >= 0.6 is 0 Å². The van der Waals surface area contributed by atoms with Crippen molar-refractivity contribution >= 4 is 11.0 Å². The van der Waals surface area contributed by atoms with Crippen LogP contribution in [0, 0.1) is 6.92 Å². The largest absolute Gasteiger partial charge is 0.416 e. The maximum absolute atomic E-state index is 12.9. The second-order valence-electron chi connectivity index (χ2n) is 5.48. The van der Waals surface area contributed by atoms with E-state index in [-0.39, 0.29) is 0 Å². The molecule has 0 amide bonds. The van der Waals surface area contributed by atoms with Gasteiger partial charge in [0.25, 0.3) is 0 Å². The van der Waals surface area contributed by atoms with Crippen LogP contribution in [0.5, 0.6) is 0 Å². The van der Waals surface area contributed by atoms with E-state index in [1.54, 1.807) is 12.4 Å². The van der Waals surface area contributed by atoms with Crippen molar-refractivity contribution in [3.63, 3.8) is 0 Å². The average Bonchev–Trinajstić information content (AvgIpc) is 2.85. The lowest BCUT2D eigenvalue weighted by atomic mass is 10.1. The quantitative estimate of drug-likeness (QED) is 0.692. The molecule has 0 saturated heterocycles. The van der Waals surface area contributed by atoms with Gasteiger partial charge in [0.2, 0.25) is 0 Å². The van der Waals surface area contributed by atoms with Crippen LogP contribution in [0.2, 0.25) is 0 Å². The van der Waals surface area contributed by atoms with Gasteiger partial charge in [0.05, 0.1) is 16.6 Å². The van der Waals surface area contributed by atoms with E-state index in [9.17, 15) is 13.2 Å². The van der Waals surface area contributed by atoms with Crippen molar-refractivity contribution in [2.75, 3.05) is 0 Å². The molecule has 0 saturated carbocycles. The Bertz CT molecular complexity index is 850. The van der Waals surface area contributed by atoms with Gasteiger partial charge >= 0.3 is 6.18 Å². The average molecular weight is 319 g/mol. The molecule has 1 aromatic carbocycles. The van der Waals surface area contributed by atoms with Crippen LogP contribution in [0.15, 0.2) is 36.7 Å². The predicted molar refractivity (Wildman–Crippen MR) is 83.0 cm³/mol. The van der Waals surface area contributed by atoms with E-state index in [0.717, 1.165) is 29.7 Å². The van der Waals surface area contributed by atoms with E-state index in [4.69, 9.17) is 0 Å². The second kappa shape index (κ2) is 5.68. The molecule has 3 aromatic rings. The number of hydrogen-bond donors (Lipinski definition) is 0. The van der Waals surface area contributed by atoms with Crippen molar-refractivity contribution < 1.29 is 13.2 Å². The number of nitrogens with zero attached hydrogens (tertiary/aromatic N) is 3. The molecule has 0 aliphatic rings. The molecule has 2 heterocycles. The number of alkyl halides is 3. The Morgan fingerprint density at radius 2 is 1.96 bits per heavy atom. The number of benzene rings is 1. The smallest absolute Gasteiger partial charge is 0.324 e. The lowest BCUT2D eigenvalue weighted by molar-refractivity contribution is -0.137. The fraction of sp³-hybridized carbons (Fsp3) is 0.294. The fourth-order valence-electron chi connectivity index (χ4n) is 2.69. The van der Waals surface area contributed by atoms with Gasteiger partial charge in [0.15, 0.2) is 0 Å². The van der Waals surface area contributed by atoms with E-state index in [0.29, 0.717) is 23.4 Å². The summed E-state index contributed by atoms with van der Waals surface area (Å²) in [6.45, 7) is 4.64. The highest BCUT2D eigenvalue weighted by molar-refractivity contribution is 5.82. The SMILES string of the molecule is CCCn1c(-c2ccncc2C)nc2cc(C(F)(F)F)ccc21. The third-order valence-electron chi connectivity index (χ3n) is 3.78. The molecule has 6 heteroatoms. The standard InChI is InChI=1S/C17H16F3N3/c1-3-8-23-15-5-4-12(17(18,19)20)9-14(15)22-16(23)13-6-7-21-10-11(13)2/h4-7,9-10H,3,8H2,1-2H3. The summed E-state index contributed by atoms with van der Waals surface area (Å²) in [7, 11) is 0. The molecule has 0 atom stereocenters. The molecule has 0 aliphatic heterocycles. The Balaban J connectivity index is 2.25. The van der Waals surface area contributed by atoms with Crippen molar-refractivity contribution in [1.29, 1.82) is 0 Å². The summed E-state index contributed by atoms with van der Waals surface area (Å²) in [5.74, 6) is 0.682. The number of imidazole rings is 1. The summed E-state index contributed by atoms with van der Waals surface area (Å²) in [4.78, 5) is 8.53. The monoisotopic (exact) mass is 319 g/mol. The fourth-order valence-corrected chi connectivity index (χ4v) is 2.69. The topological polar surface area (TPSA) is 30.7 Å². The predicted octanol–water partition coefficient (Wildman–Crippen LogP) is 4.84. The molecule has 2 aromatic heterocycles.